The molecule has 2 aromatic rings. The van der Waals surface area contributed by atoms with E-state index in [0.717, 1.165) is 20.7 Å². The van der Waals surface area contributed by atoms with E-state index in [1.165, 1.54) is 0 Å². The van der Waals surface area contributed by atoms with Crippen LogP contribution in [0.25, 0.3) is 0 Å². The van der Waals surface area contributed by atoms with Crippen LogP contribution in [0.2, 0.25) is 5.02 Å². The van der Waals surface area contributed by atoms with Gasteiger partial charge in [-0.15, -0.1) is 11.3 Å². The highest BCUT2D eigenvalue weighted by Gasteiger charge is 2.17. The van der Waals surface area contributed by atoms with Crippen LogP contribution in [0.4, 0.5) is 5.69 Å². The maximum absolute atomic E-state index is 12.1. The van der Waals surface area contributed by atoms with Crippen molar-refractivity contribution >= 4 is 54.6 Å². The quantitative estimate of drug-likeness (QED) is 0.881. The average Bonchev–Trinajstić information content (AvgIpc) is 2.71. The van der Waals surface area contributed by atoms with Crippen LogP contribution in [0.1, 0.15) is 5.56 Å². The van der Waals surface area contributed by atoms with Gasteiger partial charge in [0.15, 0.2) is 0 Å². The summed E-state index contributed by atoms with van der Waals surface area (Å²) in [6.07, 6.45) is 0. The molecule has 18 heavy (non-hydrogen) atoms. The van der Waals surface area contributed by atoms with Gasteiger partial charge in [0.05, 0.1) is 14.5 Å². The summed E-state index contributed by atoms with van der Waals surface area (Å²) in [5.41, 5.74) is 1.32. The topological polar surface area (TPSA) is 46.2 Å². The second kappa shape index (κ2) is 5.21. The molecule has 1 aromatic carbocycles. The Kier molecular flexibility index (Phi) is 4.01. The van der Waals surface area contributed by atoms with E-state index < -0.39 is 10.0 Å². The van der Waals surface area contributed by atoms with Gasteiger partial charge in [-0.1, -0.05) is 17.7 Å². The summed E-state index contributed by atoms with van der Waals surface area (Å²) in [4.78, 5) is 0. The molecule has 0 amide bonds. The van der Waals surface area contributed by atoms with E-state index in [-0.39, 0.29) is 4.21 Å². The van der Waals surface area contributed by atoms with Gasteiger partial charge in [-0.2, -0.15) is 0 Å². The number of hydrogen-bond acceptors (Lipinski definition) is 3. The van der Waals surface area contributed by atoms with E-state index in [9.17, 15) is 8.42 Å². The normalized spacial score (nSPS) is 11.5. The third-order valence-electron chi connectivity index (χ3n) is 2.18. The molecule has 1 aromatic heterocycles. The Balaban J connectivity index is 2.36. The molecule has 1 heterocycles. The first-order valence-corrected chi connectivity index (χ1v) is 8.40. The van der Waals surface area contributed by atoms with Gasteiger partial charge in [0.2, 0.25) is 0 Å². The molecule has 2 rings (SSSR count). The SMILES string of the molecule is Cc1ccc(Cl)c(NS(=O)(=O)c2ccc(Br)s2)c1. The van der Waals surface area contributed by atoms with Gasteiger partial charge < -0.3 is 0 Å². The zero-order chi connectivity index (χ0) is 13.3. The van der Waals surface area contributed by atoms with E-state index in [2.05, 4.69) is 20.7 Å². The molecule has 0 saturated heterocycles. The molecule has 96 valence electrons. The number of nitrogens with one attached hydrogen (secondary N) is 1. The molecular formula is C11H9BrClNO2S2. The minimum atomic E-state index is -3.58. The molecule has 0 saturated carbocycles. The molecule has 0 unspecified atom stereocenters. The molecule has 0 aliphatic heterocycles. The van der Waals surface area contributed by atoms with Crippen LogP contribution in [-0.4, -0.2) is 8.42 Å². The van der Waals surface area contributed by atoms with Crippen LogP contribution in [0.5, 0.6) is 0 Å². The van der Waals surface area contributed by atoms with Crippen LogP contribution in [0.3, 0.4) is 0 Å². The molecule has 0 aliphatic rings. The summed E-state index contributed by atoms with van der Waals surface area (Å²) < 4.78 is 27.7. The predicted molar refractivity (Wildman–Crippen MR) is 79.0 cm³/mol. The van der Waals surface area contributed by atoms with Crippen molar-refractivity contribution in [2.24, 2.45) is 0 Å². The molecule has 0 spiro atoms. The average molecular weight is 367 g/mol. The molecule has 0 bridgehead atoms. The number of rotatable bonds is 3. The Hall–Kier alpha value is -0.560. The number of thiophene rings is 1. The van der Waals surface area contributed by atoms with Crippen molar-refractivity contribution in [3.8, 4) is 0 Å². The number of anilines is 1. The lowest BCUT2D eigenvalue weighted by Crippen LogP contribution is -2.11. The van der Waals surface area contributed by atoms with Crippen LogP contribution < -0.4 is 4.72 Å². The maximum atomic E-state index is 12.1. The summed E-state index contributed by atoms with van der Waals surface area (Å²) >= 11 is 10.3. The number of benzene rings is 1. The Labute approximate surface area is 123 Å². The van der Waals surface area contributed by atoms with Crippen molar-refractivity contribution in [3.05, 3.63) is 44.7 Å². The Morgan fingerprint density at radius 2 is 2.00 bits per heavy atom. The second-order valence-corrected chi connectivity index (χ2v) is 8.43. The first-order chi connectivity index (χ1) is 8.38. The zero-order valence-corrected chi connectivity index (χ0v) is 13.3. The highest BCUT2D eigenvalue weighted by atomic mass is 79.9. The first-order valence-electron chi connectivity index (χ1n) is 4.93. The van der Waals surface area contributed by atoms with Gasteiger partial charge in [0.1, 0.15) is 4.21 Å². The molecule has 0 fully saturated rings. The zero-order valence-electron chi connectivity index (χ0n) is 9.28. The highest BCUT2D eigenvalue weighted by molar-refractivity contribution is 9.11. The van der Waals surface area contributed by atoms with Gasteiger partial charge in [-0.25, -0.2) is 8.42 Å². The van der Waals surface area contributed by atoms with E-state index >= 15 is 0 Å². The molecular weight excluding hydrogens is 358 g/mol. The molecule has 0 atom stereocenters. The molecule has 3 nitrogen and oxygen atoms in total. The Bertz CT molecular complexity index is 682. The minimum absolute atomic E-state index is 0.243. The lowest BCUT2D eigenvalue weighted by atomic mass is 10.2. The molecule has 0 aliphatic carbocycles. The van der Waals surface area contributed by atoms with Crippen LogP contribution in [0, 0.1) is 6.92 Å². The smallest absolute Gasteiger partial charge is 0.271 e. The predicted octanol–water partition coefficient (Wildman–Crippen LogP) is 4.27. The van der Waals surface area contributed by atoms with Crippen molar-refractivity contribution in [3.63, 3.8) is 0 Å². The van der Waals surface area contributed by atoms with E-state index in [0.29, 0.717) is 10.7 Å². The number of aryl methyl sites for hydroxylation is 1. The van der Waals surface area contributed by atoms with Crippen molar-refractivity contribution in [1.82, 2.24) is 0 Å². The Morgan fingerprint density at radius 1 is 1.28 bits per heavy atom. The van der Waals surface area contributed by atoms with Crippen molar-refractivity contribution in [1.29, 1.82) is 0 Å². The third kappa shape index (κ3) is 3.06. The van der Waals surface area contributed by atoms with Crippen molar-refractivity contribution < 1.29 is 8.42 Å². The largest absolute Gasteiger partial charge is 0.277 e. The van der Waals surface area contributed by atoms with Crippen LogP contribution in [-0.2, 0) is 10.0 Å². The minimum Gasteiger partial charge on any atom is -0.277 e. The monoisotopic (exact) mass is 365 g/mol. The Morgan fingerprint density at radius 3 is 2.61 bits per heavy atom. The fourth-order valence-corrected chi connectivity index (χ4v) is 4.66. The standard InChI is InChI=1S/C11H9BrClNO2S2/c1-7-2-3-8(13)9(6-7)14-18(15,16)11-5-4-10(12)17-11/h2-6,14H,1H3. The molecule has 1 N–H and O–H groups in total. The fraction of sp³-hybridized carbons (Fsp3) is 0.0909. The molecule has 7 heteroatoms. The maximum Gasteiger partial charge on any atom is 0.271 e. The van der Waals surface area contributed by atoms with E-state index in [1.807, 2.05) is 13.0 Å². The van der Waals surface area contributed by atoms with E-state index in [1.54, 1.807) is 24.3 Å². The second-order valence-electron chi connectivity index (χ2n) is 3.65. The number of sulfonamides is 1. The third-order valence-corrected chi connectivity index (χ3v) is 5.99. The lowest BCUT2D eigenvalue weighted by Gasteiger charge is -2.08. The van der Waals surface area contributed by atoms with Gasteiger partial charge in [0, 0.05) is 0 Å². The summed E-state index contributed by atoms with van der Waals surface area (Å²) in [6.45, 7) is 1.87. The molecule has 0 radical (unpaired) electrons. The summed E-state index contributed by atoms with van der Waals surface area (Å²) in [6, 6.07) is 8.42. The van der Waals surface area contributed by atoms with Gasteiger partial charge in [0.25, 0.3) is 10.0 Å². The first kappa shape index (κ1) is 13.9. The van der Waals surface area contributed by atoms with Crippen molar-refractivity contribution in [2.45, 2.75) is 11.1 Å². The summed E-state index contributed by atoms with van der Waals surface area (Å²) in [7, 11) is -3.58. The highest BCUT2D eigenvalue weighted by Crippen LogP contribution is 2.30. The summed E-state index contributed by atoms with van der Waals surface area (Å²) in [5, 5.41) is 0.375. The van der Waals surface area contributed by atoms with Gasteiger partial charge in [-0.3, -0.25) is 4.72 Å². The van der Waals surface area contributed by atoms with Crippen molar-refractivity contribution in [2.75, 3.05) is 4.72 Å². The lowest BCUT2D eigenvalue weighted by molar-refractivity contribution is 0.603. The number of halogens is 2. The van der Waals surface area contributed by atoms with Gasteiger partial charge >= 0.3 is 0 Å². The van der Waals surface area contributed by atoms with Gasteiger partial charge in [-0.05, 0) is 52.7 Å². The van der Waals surface area contributed by atoms with Crippen LogP contribution >= 0.6 is 38.9 Å². The fourth-order valence-electron chi connectivity index (χ4n) is 1.35. The summed E-state index contributed by atoms with van der Waals surface area (Å²) in [5.74, 6) is 0. The number of hydrogen-bond donors (Lipinski definition) is 1. The van der Waals surface area contributed by atoms with Crippen LogP contribution in [0.15, 0.2) is 38.3 Å². The van der Waals surface area contributed by atoms with E-state index in [4.69, 9.17) is 11.6 Å².